The lowest BCUT2D eigenvalue weighted by Crippen LogP contribution is -2.41. The molecule has 0 aliphatic carbocycles. The smallest absolute Gasteiger partial charge is 0.256 e. The Morgan fingerprint density at radius 1 is 1.53 bits per heavy atom. The van der Waals surface area contributed by atoms with Gasteiger partial charge in [-0.05, 0) is 37.8 Å². The van der Waals surface area contributed by atoms with Crippen LogP contribution in [0, 0.1) is 12.8 Å². The maximum Gasteiger partial charge on any atom is 0.256 e. The minimum Gasteiger partial charge on any atom is -0.508 e. The van der Waals surface area contributed by atoms with Crippen LogP contribution in [0.3, 0.4) is 0 Å². The van der Waals surface area contributed by atoms with Gasteiger partial charge in [-0.25, -0.2) is 0 Å². The van der Waals surface area contributed by atoms with Crippen LogP contribution in [0.2, 0.25) is 0 Å². The third-order valence-electron chi connectivity index (χ3n) is 3.70. The van der Waals surface area contributed by atoms with Crippen molar-refractivity contribution in [3.8, 4) is 5.75 Å². The number of phenolic OH excluding ortho intramolecular Hbond substituents is 1. The predicted octanol–water partition coefficient (Wildman–Crippen LogP) is 2.48. The molecular formula is C15H21NO3. The number of amides is 1. The third-order valence-corrected chi connectivity index (χ3v) is 3.70. The highest BCUT2D eigenvalue weighted by atomic mass is 16.5. The van der Waals surface area contributed by atoms with E-state index in [1.165, 1.54) is 0 Å². The van der Waals surface area contributed by atoms with Crippen molar-refractivity contribution in [2.75, 3.05) is 18.1 Å². The number of benzene rings is 1. The van der Waals surface area contributed by atoms with Gasteiger partial charge in [-0.15, -0.1) is 0 Å². The first kappa shape index (κ1) is 13.9. The SMILES string of the molecule is CCN(C(=O)C1OCCC1C)c1cc(O)ccc1C. The number of aromatic hydroxyl groups is 1. The number of hydrogen-bond acceptors (Lipinski definition) is 3. The number of hydrogen-bond donors (Lipinski definition) is 1. The molecule has 1 aliphatic rings. The number of nitrogens with zero attached hydrogens (tertiary/aromatic N) is 1. The number of likely N-dealkylation sites (N-methyl/N-ethyl adjacent to an activating group) is 1. The van der Waals surface area contributed by atoms with E-state index >= 15 is 0 Å². The molecule has 104 valence electrons. The van der Waals surface area contributed by atoms with E-state index < -0.39 is 0 Å². The molecule has 1 saturated heterocycles. The van der Waals surface area contributed by atoms with Crippen molar-refractivity contribution in [3.63, 3.8) is 0 Å². The van der Waals surface area contributed by atoms with Crippen LogP contribution in [0.15, 0.2) is 18.2 Å². The summed E-state index contributed by atoms with van der Waals surface area (Å²) in [4.78, 5) is 14.3. The van der Waals surface area contributed by atoms with E-state index in [4.69, 9.17) is 4.74 Å². The van der Waals surface area contributed by atoms with Gasteiger partial charge >= 0.3 is 0 Å². The van der Waals surface area contributed by atoms with E-state index in [-0.39, 0.29) is 23.7 Å². The molecule has 1 aliphatic heterocycles. The fourth-order valence-corrected chi connectivity index (χ4v) is 2.50. The Kier molecular flexibility index (Phi) is 4.10. The second-order valence-corrected chi connectivity index (χ2v) is 5.11. The second kappa shape index (κ2) is 5.61. The number of aryl methyl sites for hydroxylation is 1. The molecule has 1 amide bonds. The maximum absolute atomic E-state index is 12.6. The average molecular weight is 263 g/mol. The van der Waals surface area contributed by atoms with Crippen molar-refractivity contribution >= 4 is 11.6 Å². The van der Waals surface area contributed by atoms with Crippen LogP contribution in [0.1, 0.15) is 25.8 Å². The third kappa shape index (κ3) is 2.73. The zero-order valence-corrected chi connectivity index (χ0v) is 11.7. The first-order valence-electron chi connectivity index (χ1n) is 6.77. The van der Waals surface area contributed by atoms with Crippen molar-refractivity contribution in [2.24, 2.45) is 5.92 Å². The van der Waals surface area contributed by atoms with E-state index in [2.05, 4.69) is 0 Å². The first-order chi connectivity index (χ1) is 9.04. The minimum atomic E-state index is -0.360. The van der Waals surface area contributed by atoms with Crippen molar-refractivity contribution in [1.29, 1.82) is 0 Å². The summed E-state index contributed by atoms with van der Waals surface area (Å²) in [6.07, 6.45) is 0.564. The van der Waals surface area contributed by atoms with Gasteiger partial charge in [0.2, 0.25) is 0 Å². The van der Waals surface area contributed by atoms with Crippen molar-refractivity contribution < 1.29 is 14.6 Å². The molecule has 1 heterocycles. The van der Waals surface area contributed by atoms with Crippen LogP contribution in [0.4, 0.5) is 5.69 Å². The summed E-state index contributed by atoms with van der Waals surface area (Å²) in [5.74, 6) is 0.410. The summed E-state index contributed by atoms with van der Waals surface area (Å²) >= 11 is 0. The molecule has 4 heteroatoms. The first-order valence-corrected chi connectivity index (χ1v) is 6.77. The molecule has 0 aromatic heterocycles. The maximum atomic E-state index is 12.6. The fourth-order valence-electron chi connectivity index (χ4n) is 2.50. The van der Waals surface area contributed by atoms with Gasteiger partial charge in [-0.3, -0.25) is 4.79 Å². The molecule has 0 spiro atoms. The van der Waals surface area contributed by atoms with E-state index in [9.17, 15) is 9.90 Å². The number of carbonyl (C=O) groups is 1. The molecule has 1 N–H and O–H groups in total. The highest BCUT2D eigenvalue weighted by Gasteiger charge is 2.34. The number of anilines is 1. The topological polar surface area (TPSA) is 49.8 Å². The number of phenols is 1. The zero-order valence-electron chi connectivity index (χ0n) is 11.7. The lowest BCUT2D eigenvalue weighted by atomic mass is 10.0. The Morgan fingerprint density at radius 3 is 2.84 bits per heavy atom. The zero-order chi connectivity index (χ0) is 14.0. The largest absolute Gasteiger partial charge is 0.508 e. The van der Waals surface area contributed by atoms with Gasteiger partial charge in [0.05, 0.1) is 5.69 Å². The average Bonchev–Trinajstić information content (AvgIpc) is 2.80. The lowest BCUT2D eigenvalue weighted by molar-refractivity contribution is -0.128. The highest BCUT2D eigenvalue weighted by Crippen LogP contribution is 2.28. The van der Waals surface area contributed by atoms with Crippen molar-refractivity contribution in [3.05, 3.63) is 23.8 Å². The predicted molar refractivity (Wildman–Crippen MR) is 74.4 cm³/mol. The van der Waals surface area contributed by atoms with Gasteiger partial charge in [0.15, 0.2) is 0 Å². The summed E-state index contributed by atoms with van der Waals surface area (Å²) in [5, 5.41) is 9.61. The van der Waals surface area contributed by atoms with Gasteiger partial charge in [0.1, 0.15) is 11.9 Å². The van der Waals surface area contributed by atoms with E-state index in [0.717, 1.165) is 17.7 Å². The molecule has 19 heavy (non-hydrogen) atoms. The van der Waals surface area contributed by atoms with Crippen molar-refractivity contribution in [1.82, 2.24) is 0 Å². The van der Waals surface area contributed by atoms with Crippen LogP contribution < -0.4 is 4.90 Å². The Bertz CT molecular complexity index is 472. The summed E-state index contributed by atoms with van der Waals surface area (Å²) in [6, 6.07) is 5.09. The summed E-state index contributed by atoms with van der Waals surface area (Å²) < 4.78 is 5.55. The summed E-state index contributed by atoms with van der Waals surface area (Å²) in [6.45, 7) is 7.12. The monoisotopic (exact) mass is 263 g/mol. The Hall–Kier alpha value is -1.55. The molecule has 0 radical (unpaired) electrons. The van der Waals surface area contributed by atoms with Crippen LogP contribution in [-0.4, -0.2) is 30.3 Å². The Labute approximate surface area is 114 Å². The molecule has 1 aromatic carbocycles. The standard InChI is InChI=1S/C15H21NO3/c1-4-16(13-9-12(17)6-5-10(13)2)15(18)14-11(3)7-8-19-14/h5-6,9,11,14,17H,4,7-8H2,1-3H3. The molecular weight excluding hydrogens is 242 g/mol. The van der Waals surface area contributed by atoms with Crippen LogP contribution in [-0.2, 0) is 9.53 Å². The van der Waals surface area contributed by atoms with E-state index in [1.54, 1.807) is 17.0 Å². The van der Waals surface area contributed by atoms with Gasteiger partial charge in [0, 0.05) is 19.2 Å². The quantitative estimate of drug-likeness (QED) is 0.911. The molecule has 1 fully saturated rings. The molecule has 2 rings (SSSR count). The molecule has 4 nitrogen and oxygen atoms in total. The second-order valence-electron chi connectivity index (χ2n) is 5.11. The van der Waals surface area contributed by atoms with Crippen LogP contribution in [0.5, 0.6) is 5.75 Å². The molecule has 0 saturated carbocycles. The van der Waals surface area contributed by atoms with Gasteiger partial charge in [-0.1, -0.05) is 13.0 Å². The van der Waals surface area contributed by atoms with Gasteiger partial charge in [-0.2, -0.15) is 0 Å². The van der Waals surface area contributed by atoms with Crippen molar-refractivity contribution in [2.45, 2.75) is 33.3 Å². The minimum absolute atomic E-state index is 0.0128. The van der Waals surface area contributed by atoms with E-state index in [0.29, 0.717) is 13.2 Å². The lowest BCUT2D eigenvalue weighted by Gasteiger charge is -2.27. The molecule has 2 unspecified atom stereocenters. The van der Waals surface area contributed by atoms with Gasteiger partial charge < -0.3 is 14.7 Å². The fraction of sp³-hybridized carbons (Fsp3) is 0.533. The number of ether oxygens (including phenoxy) is 1. The van der Waals surface area contributed by atoms with E-state index in [1.807, 2.05) is 26.8 Å². The molecule has 1 aromatic rings. The van der Waals surface area contributed by atoms with Crippen LogP contribution >= 0.6 is 0 Å². The molecule has 0 bridgehead atoms. The molecule has 2 atom stereocenters. The van der Waals surface area contributed by atoms with Gasteiger partial charge in [0.25, 0.3) is 5.91 Å². The summed E-state index contributed by atoms with van der Waals surface area (Å²) in [5.41, 5.74) is 1.73. The highest BCUT2D eigenvalue weighted by molar-refractivity contribution is 5.97. The van der Waals surface area contributed by atoms with Crippen LogP contribution in [0.25, 0.3) is 0 Å². The summed E-state index contributed by atoms with van der Waals surface area (Å²) in [7, 11) is 0. The number of carbonyl (C=O) groups excluding carboxylic acids is 1. The normalized spacial score (nSPS) is 22.5. The Balaban J connectivity index is 2.28. The number of rotatable bonds is 3. The Morgan fingerprint density at radius 2 is 2.26 bits per heavy atom.